The van der Waals surface area contributed by atoms with Gasteiger partial charge >= 0.3 is 0 Å². The summed E-state index contributed by atoms with van der Waals surface area (Å²) in [5.74, 6) is 0.641. The van der Waals surface area contributed by atoms with Crippen molar-refractivity contribution in [2.24, 2.45) is 0 Å². The van der Waals surface area contributed by atoms with Gasteiger partial charge in [-0.1, -0.05) is 250 Å². The molecule has 319 valence electrons. The van der Waals surface area contributed by atoms with Gasteiger partial charge in [-0.15, -0.1) is 0 Å². The Labute approximate surface area is 400 Å². The van der Waals surface area contributed by atoms with E-state index in [4.69, 9.17) is 0 Å². The van der Waals surface area contributed by atoms with Crippen LogP contribution in [0.1, 0.15) is 75.8 Å². The first kappa shape index (κ1) is 39.4. The molecule has 4 aliphatic rings. The standard InChI is InChI=1S/C67H48B/c1-66(2)59-24-11-8-21-53(59)56-34-31-48(40-62(56)66)65(46-30-33-52-45(37-46)28-27-42-15-6-7-20-51(42)52)47-32-36-63-58(39-47)57-35-29-44(41-64(57)68-63)43-16-14-19-50(38-43)67(49-17-4-3-5-18-49)60-25-12-9-22-54(60)55-23-10-13-26-61(55)67/h3-41,58,63,65H,1-2H3. The molecule has 1 aliphatic heterocycles. The maximum absolute atomic E-state index is 2.61. The van der Waals surface area contributed by atoms with E-state index in [-0.39, 0.29) is 17.3 Å². The molecule has 14 rings (SSSR count). The summed E-state index contributed by atoms with van der Waals surface area (Å²) in [4.78, 5) is 0. The summed E-state index contributed by atoms with van der Waals surface area (Å²) in [6, 6.07) is 82.7. The molecular formula is C67H48B. The zero-order valence-electron chi connectivity index (χ0n) is 38.3. The van der Waals surface area contributed by atoms with Crippen molar-refractivity contribution < 1.29 is 0 Å². The van der Waals surface area contributed by atoms with E-state index in [1.807, 2.05) is 0 Å². The van der Waals surface area contributed by atoms with Crippen molar-refractivity contribution in [1.82, 2.24) is 0 Å². The van der Waals surface area contributed by atoms with Crippen LogP contribution in [0.3, 0.4) is 0 Å². The largest absolute Gasteiger partial charge is 0.161 e. The van der Waals surface area contributed by atoms with Gasteiger partial charge in [-0.25, -0.2) is 0 Å². The Morgan fingerprint density at radius 3 is 1.87 bits per heavy atom. The minimum atomic E-state index is -0.428. The van der Waals surface area contributed by atoms with E-state index in [9.17, 15) is 0 Å². The topological polar surface area (TPSA) is 0 Å². The van der Waals surface area contributed by atoms with Gasteiger partial charge in [0.2, 0.25) is 0 Å². The molecule has 1 heterocycles. The highest BCUT2D eigenvalue weighted by Gasteiger charge is 2.46. The van der Waals surface area contributed by atoms with E-state index in [0.717, 1.165) is 0 Å². The Morgan fingerprint density at radius 2 is 1.06 bits per heavy atom. The Morgan fingerprint density at radius 1 is 0.441 bits per heavy atom. The molecule has 3 unspecified atom stereocenters. The molecule has 3 atom stereocenters. The van der Waals surface area contributed by atoms with Gasteiger partial charge < -0.3 is 0 Å². The third-order valence-electron chi connectivity index (χ3n) is 16.3. The molecule has 10 aromatic carbocycles. The van der Waals surface area contributed by atoms with Crippen molar-refractivity contribution in [2.45, 2.75) is 42.3 Å². The second-order valence-corrected chi connectivity index (χ2v) is 20.1. The van der Waals surface area contributed by atoms with Crippen LogP contribution in [0.15, 0.2) is 242 Å². The molecule has 0 aromatic heterocycles. The molecule has 0 fully saturated rings. The Bertz CT molecular complexity index is 3730. The highest BCUT2D eigenvalue weighted by Crippen LogP contribution is 2.57. The van der Waals surface area contributed by atoms with Gasteiger partial charge in [0, 0.05) is 17.3 Å². The van der Waals surface area contributed by atoms with Gasteiger partial charge in [-0.2, -0.15) is 0 Å². The van der Waals surface area contributed by atoms with Crippen LogP contribution in [-0.2, 0) is 10.8 Å². The van der Waals surface area contributed by atoms with Gasteiger partial charge in [-0.3, -0.25) is 0 Å². The fourth-order valence-electron chi connectivity index (χ4n) is 13.1. The Balaban J connectivity index is 0.867. The maximum Gasteiger partial charge on any atom is 0.161 e. The van der Waals surface area contributed by atoms with Crippen LogP contribution in [0.4, 0.5) is 0 Å². The van der Waals surface area contributed by atoms with Gasteiger partial charge in [0.1, 0.15) is 0 Å². The van der Waals surface area contributed by atoms with Crippen LogP contribution in [0, 0.1) is 0 Å². The summed E-state index contributed by atoms with van der Waals surface area (Å²) in [5, 5.41) is 5.17. The SMILES string of the molecule is CC1(C)c2ccccc2-c2ccc(C(C3=CC4c5ccc(-c6cccc(C7(c8ccccc8)c8ccccc8-c8ccccc87)c6)cc5[B]C4C=C3)c3ccc4c(ccc5ccccc54)c3)cc21. The third-order valence-corrected chi connectivity index (χ3v) is 16.3. The molecule has 0 saturated heterocycles. The minimum absolute atomic E-state index is 0.0710. The fraction of sp³-hybridized carbons (Fsp3) is 0.104. The highest BCUT2D eigenvalue weighted by molar-refractivity contribution is 6.58. The van der Waals surface area contributed by atoms with Crippen LogP contribution in [0.5, 0.6) is 0 Å². The van der Waals surface area contributed by atoms with Crippen molar-refractivity contribution in [2.75, 3.05) is 0 Å². The summed E-state index contributed by atoms with van der Waals surface area (Å²) in [5.41, 5.74) is 22.2. The molecule has 0 saturated carbocycles. The van der Waals surface area contributed by atoms with E-state index >= 15 is 0 Å². The van der Waals surface area contributed by atoms with Crippen molar-refractivity contribution in [3.05, 3.63) is 292 Å². The van der Waals surface area contributed by atoms with Gasteiger partial charge in [-0.05, 0) is 122 Å². The molecule has 0 nitrogen and oxygen atoms in total. The quantitative estimate of drug-likeness (QED) is 0.115. The molecule has 0 spiro atoms. The molecule has 0 bridgehead atoms. The second kappa shape index (κ2) is 14.9. The smallest absolute Gasteiger partial charge is 0.0877 e. The zero-order valence-corrected chi connectivity index (χ0v) is 38.3. The van der Waals surface area contributed by atoms with Gasteiger partial charge in [0.05, 0.1) is 5.41 Å². The van der Waals surface area contributed by atoms with Crippen molar-refractivity contribution in [3.8, 4) is 33.4 Å². The normalized spacial score (nSPS) is 17.9. The first-order chi connectivity index (χ1) is 33.4. The molecule has 0 amide bonds. The van der Waals surface area contributed by atoms with Crippen LogP contribution in [0.25, 0.3) is 54.9 Å². The van der Waals surface area contributed by atoms with E-state index < -0.39 is 5.41 Å². The van der Waals surface area contributed by atoms with Gasteiger partial charge in [0.15, 0.2) is 7.28 Å². The van der Waals surface area contributed by atoms with Crippen LogP contribution < -0.4 is 5.46 Å². The van der Waals surface area contributed by atoms with Crippen LogP contribution in [0.2, 0.25) is 5.82 Å². The van der Waals surface area contributed by atoms with E-state index in [1.54, 1.807) is 0 Å². The van der Waals surface area contributed by atoms with Crippen molar-refractivity contribution >= 4 is 34.3 Å². The number of benzene rings is 10. The third kappa shape index (κ3) is 5.69. The summed E-state index contributed by atoms with van der Waals surface area (Å²) in [7, 11) is 2.51. The second-order valence-electron chi connectivity index (χ2n) is 20.1. The molecule has 1 radical (unpaired) electrons. The number of hydrogen-bond donors (Lipinski definition) is 0. The predicted octanol–water partition coefficient (Wildman–Crippen LogP) is 15.9. The lowest BCUT2D eigenvalue weighted by molar-refractivity contribution is 0.658. The number of allylic oxidation sites excluding steroid dienone is 4. The minimum Gasteiger partial charge on any atom is -0.0877 e. The van der Waals surface area contributed by atoms with Crippen LogP contribution >= 0.6 is 0 Å². The summed E-state index contributed by atoms with van der Waals surface area (Å²) in [6.45, 7) is 4.79. The fourth-order valence-corrected chi connectivity index (χ4v) is 13.1. The molecule has 3 aliphatic carbocycles. The molecular weight excluding hydrogens is 816 g/mol. The number of rotatable bonds is 6. The summed E-state index contributed by atoms with van der Waals surface area (Å²) >= 11 is 0. The van der Waals surface area contributed by atoms with Gasteiger partial charge in [0.25, 0.3) is 0 Å². The number of fused-ring (bicyclic) bond motifs is 12. The highest BCUT2D eigenvalue weighted by atomic mass is 14.5. The van der Waals surface area contributed by atoms with Crippen molar-refractivity contribution in [3.63, 3.8) is 0 Å². The molecule has 1 heteroatoms. The van der Waals surface area contributed by atoms with E-state index in [0.29, 0.717) is 5.82 Å². The lowest BCUT2D eigenvalue weighted by Gasteiger charge is -2.34. The molecule has 68 heavy (non-hydrogen) atoms. The van der Waals surface area contributed by atoms with E-state index in [2.05, 4.69) is 258 Å². The molecule has 0 N–H and O–H groups in total. The van der Waals surface area contributed by atoms with Crippen molar-refractivity contribution in [1.29, 1.82) is 0 Å². The zero-order chi connectivity index (χ0) is 45.1. The van der Waals surface area contributed by atoms with E-state index in [1.165, 1.54) is 116 Å². The number of hydrogen-bond acceptors (Lipinski definition) is 0. The predicted molar refractivity (Wildman–Crippen MR) is 286 cm³/mol. The summed E-state index contributed by atoms with van der Waals surface area (Å²) < 4.78 is 0. The summed E-state index contributed by atoms with van der Waals surface area (Å²) in [6.07, 6.45) is 7.53. The Hall–Kier alpha value is -7.74. The first-order valence-corrected chi connectivity index (χ1v) is 24.4. The Kier molecular flexibility index (Phi) is 8.63. The maximum atomic E-state index is 2.61. The monoisotopic (exact) mass is 863 g/mol. The molecule has 10 aromatic rings. The first-order valence-electron chi connectivity index (χ1n) is 24.4. The van der Waals surface area contributed by atoms with Crippen LogP contribution in [-0.4, -0.2) is 7.28 Å². The average Bonchev–Trinajstić information content (AvgIpc) is 3.99. The average molecular weight is 864 g/mol. The lowest BCUT2D eigenvalue weighted by Crippen LogP contribution is -2.28. The lowest BCUT2D eigenvalue weighted by atomic mass is 9.60.